The Kier molecular flexibility index (Phi) is 7.09. The summed E-state index contributed by atoms with van der Waals surface area (Å²) >= 11 is 0. The number of nitrogens with zero attached hydrogens (tertiary/aromatic N) is 2. The lowest BCUT2D eigenvalue weighted by Gasteiger charge is -2.37. The van der Waals surface area contributed by atoms with Crippen molar-refractivity contribution in [3.63, 3.8) is 0 Å². The number of sulfonamides is 1. The first kappa shape index (κ1) is 22.2. The summed E-state index contributed by atoms with van der Waals surface area (Å²) in [5.74, 6) is -0.693. The molecule has 2 rings (SSSR count). The van der Waals surface area contributed by atoms with Crippen molar-refractivity contribution in [1.82, 2.24) is 4.90 Å². The molecular weight excluding hydrogens is 380 g/mol. The highest BCUT2D eigenvalue weighted by Crippen LogP contribution is 2.27. The number of carbonyl (C=O) groups is 2. The summed E-state index contributed by atoms with van der Waals surface area (Å²) in [4.78, 5) is 26.6. The van der Waals surface area contributed by atoms with Gasteiger partial charge in [-0.25, -0.2) is 8.42 Å². The zero-order chi connectivity index (χ0) is 21.1. The topological polar surface area (TPSA) is 84.0 Å². The Morgan fingerprint density at radius 3 is 2.14 bits per heavy atom. The molecule has 1 heterocycles. The minimum atomic E-state index is -3.66. The first-order valence-corrected chi connectivity index (χ1v) is 11.4. The number of rotatable bonds is 6. The van der Waals surface area contributed by atoms with Gasteiger partial charge in [0.15, 0.2) is 0 Å². The Hall–Kier alpha value is -2.09. The lowest BCUT2D eigenvalue weighted by molar-refractivity contribution is -0.149. The van der Waals surface area contributed by atoms with Crippen molar-refractivity contribution in [2.75, 3.05) is 30.8 Å². The van der Waals surface area contributed by atoms with Gasteiger partial charge in [0.05, 0.1) is 25.0 Å². The van der Waals surface area contributed by atoms with E-state index in [-0.39, 0.29) is 17.8 Å². The van der Waals surface area contributed by atoms with Crippen molar-refractivity contribution in [3.05, 3.63) is 29.3 Å². The molecule has 0 saturated carbocycles. The second kappa shape index (κ2) is 8.94. The third-order valence-corrected chi connectivity index (χ3v) is 6.29. The van der Waals surface area contributed by atoms with Crippen LogP contribution in [-0.4, -0.2) is 57.7 Å². The van der Waals surface area contributed by atoms with Crippen molar-refractivity contribution in [1.29, 1.82) is 0 Å². The molecule has 1 amide bonds. The number of methoxy groups -OCH3 is 1. The predicted molar refractivity (Wildman–Crippen MR) is 109 cm³/mol. The lowest BCUT2D eigenvalue weighted by atomic mass is 9.96. The van der Waals surface area contributed by atoms with E-state index in [2.05, 4.69) is 0 Å². The van der Waals surface area contributed by atoms with Gasteiger partial charge in [0, 0.05) is 13.1 Å². The summed E-state index contributed by atoms with van der Waals surface area (Å²) in [5.41, 5.74) is 2.37. The van der Waals surface area contributed by atoms with E-state index in [1.54, 1.807) is 17.0 Å². The number of benzene rings is 1. The summed E-state index contributed by atoms with van der Waals surface area (Å²) < 4.78 is 31.3. The number of piperidine rings is 1. The van der Waals surface area contributed by atoms with Crippen LogP contribution in [0, 0.1) is 19.8 Å². The molecule has 0 aliphatic carbocycles. The van der Waals surface area contributed by atoms with Crippen molar-refractivity contribution >= 4 is 27.6 Å². The molecule has 1 aromatic rings. The van der Waals surface area contributed by atoms with Crippen molar-refractivity contribution in [2.24, 2.45) is 5.92 Å². The van der Waals surface area contributed by atoms with Gasteiger partial charge in [-0.2, -0.15) is 0 Å². The number of amides is 1. The van der Waals surface area contributed by atoms with E-state index in [1.165, 1.54) is 11.4 Å². The van der Waals surface area contributed by atoms with Gasteiger partial charge >= 0.3 is 5.97 Å². The molecule has 1 atom stereocenters. The molecule has 0 bridgehead atoms. The molecule has 0 spiro atoms. The molecule has 1 saturated heterocycles. The number of hydrogen-bond acceptors (Lipinski definition) is 5. The number of likely N-dealkylation sites (tertiary alicyclic amines) is 1. The van der Waals surface area contributed by atoms with Crippen LogP contribution in [0.3, 0.4) is 0 Å². The molecule has 0 unspecified atom stereocenters. The molecule has 0 radical (unpaired) electrons. The SMILES string of the molecule is CC[C@@H](C(=O)N1CCC(C(=O)OC)CC1)N(c1cc(C)cc(C)c1)S(C)(=O)=O. The fraction of sp³-hybridized carbons (Fsp3) is 0.600. The Morgan fingerprint density at radius 2 is 1.71 bits per heavy atom. The highest BCUT2D eigenvalue weighted by atomic mass is 32.2. The van der Waals surface area contributed by atoms with Crippen LogP contribution < -0.4 is 4.31 Å². The highest BCUT2D eigenvalue weighted by molar-refractivity contribution is 7.92. The molecule has 0 N–H and O–H groups in total. The van der Waals surface area contributed by atoms with Crippen LogP contribution in [0.4, 0.5) is 5.69 Å². The maximum absolute atomic E-state index is 13.2. The van der Waals surface area contributed by atoms with Crippen LogP contribution in [0.5, 0.6) is 0 Å². The number of anilines is 1. The summed E-state index contributed by atoms with van der Waals surface area (Å²) in [6.45, 7) is 6.44. The second-order valence-electron chi connectivity index (χ2n) is 7.45. The summed E-state index contributed by atoms with van der Waals surface area (Å²) in [7, 11) is -2.30. The van der Waals surface area contributed by atoms with Crippen LogP contribution in [0.15, 0.2) is 18.2 Å². The molecule has 156 valence electrons. The molecule has 1 aromatic carbocycles. The molecule has 1 aliphatic heterocycles. The highest BCUT2D eigenvalue weighted by Gasteiger charge is 2.36. The summed E-state index contributed by atoms with van der Waals surface area (Å²) in [6.07, 6.45) is 2.54. The van der Waals surface area contributed by atoms with Crippen LogP contribution >= 0.6 is 0 Å². The van der Waals surface area contributed by atoms with Gasteiger partial charge in [-0.15, -0.1) is 0 Å². The minimum absolute atomic E-state index is 0.209. The van der Waals surface area contributed by atoms with E-state index >= 15 is 0 Å². The third kappa shape index (κ3) is 5.04. The number of hydrogen-bond donors (Lipinski definition) is 0. The van der Waals surface area contributed by atoms with E-state index < -0.39 is 16.1 Å². The fourth-order valence-corrected chi connectivity index (χ4v) is 5.02. The maximum atomic E-state index is 13.2. The van der Waals surface area contributed by atoms with Gasteiger partial charge in [-0.1, -0.05) is 13.0 Å². The molecule has 0 aromatic heterocycles. The Labute approximate surface area is 167 Å². The minimum Gasteiger partial charge on any atom is -0.469 e. The van der Waals surface area contributed by atoms with Crippen LogP contribution in [0.2, 0.25) is 0 Å². The first-order valence-electron chi connectivity index (χ1n) is 9.52. The zero-order valence-corrected chi connectivity index (χ0v) is 18.1. The third-order valence-electron chi connectivity index (χ3n) is 5.11. The van der Waals surface area contributed by atoms with Gasteiger partial charge in [-0.3, -0.25) is 13.9 Å². The molecule has 1 aliphatic rings. The molecule has 7 nitrogen and oxygen atoms in total. The number of carbonyl (C=O) groups excluding carboxylic acids is 2. The molecule has 28 heavy (non-hydrogen) atoms. The molecular formula is C20H30N2O5S. The number of aryl methyl sites for hydroxylation is 2. The maximum Gasteiger partial charge on any atom is 0.308 e. The number of esters is 1. The van der Waals surface area contributed by atoms with E-state index in [0.29, 0.717) is 38.0 Å². The van der Waals surface area contributed by atoms with E-state index in [0.717, 1.165) is 17.4 Å². The van der Waals surface area contributed by atoms with Gasteiger partial charge in [0.1, 0.15) is 6.04 Å². The normalized spacial score (nSPS) is 16.5. The number of ether oxygens (including phenoxy) is 1. The monoisotopic (exact) mass is 410 g/mol. The summed E-state index contributed by atoms with van der Waals surface area (Å²) in [5, 5.41) is 0. The Balaban J connectivity index is 2.29. The van der Waals surface area contributed by atoms with E-state index in [4.69, 9.17) is 4.74 Å². The Morgan fingerprint density at radius 1 is 1.18 bits per heavy atom. The van der Waals surface area contributed by atoms with Gasteiger partial charge < -0.3 is 9.64 Å². The van der Waals surface area contributed by atoms with Crippen LogP contribution in [-0.2, 0) is 24.3 Å². The predicted octanol–water partition coefficient (Wildman–Crippen LogP) is 2.26. The van der Waals surface area contributed by atoms with Crippen molar-refractivity contribution < 1.29 is 22.7 Å². The summed E-state index contributed by atoms with van der Waals surface area (Å²) in [6, 6.07) is 4.72. The average molecular weight is 411 g/mol. The largest absolute Gasteiger partial charge is 0.469 e. The smallest absolute Gasteiger partial charge is 0.308 e. The first-order chi connectivity index (χ1) is 13.1. The van der Waals surface area contributed by atoms with Gasteiger partial charge in [-0.05, 0) is 56.4 Å². The lowest BCUT2D eigenvalue weighted by Crippen LogP contribution is -2.52. The van der Waals surface area contributed by atoms with Crippen LogP contribution in [0.1, 0.15) is 37.3 Å². The molecule has 1 fully saturated rings. The van der Waals surface area contributed by atoms with Gasteiger partial charge in [0.25, 0.3) is 0 Å². The second-order valence-corrected chi connectivity index (χ2v) is 9.31. The fourth-order valence-electron chi connectivity index (χ4n) is 3.83. The van der Waals surface area contributed by atoms with Gasteiger partial charge in [0.2, 0.25) is 15.9 Å². The quantitative estimate of drug-likeness (QED) is 0.672. The van der Waals surface area contributed by atoms with E-state index in [1.807, 2.05) is 26.8 Å². The van der Waals surface area contributed by atoms with Crippen LogP contribution in [0.25, 0.3) is 0 Å². The van der Waals surface area contributed by atoms with Crippen molar-refractivity contribution in [3.8, 4) is 0 Å². The Bertz CT molecular complexity index is 809. The average Bonchev–Trinajstić information content (AvgIpc) is 2.63. The van der Waals surface area contributed by atoms with Crippen molar-refractivity contribution in [2.45, 2.75) is 46.1 Å². The zero-order valence-electron chi connectivity index (χ0n) is 17.3. The standard InChI is InChI=1S/C20H30N2O5S/c1-6-18(19(23)21-9-7-16(8-10-21)20(24)27-4)22(28(5,25)26)17-12-14(2)11-15(3)13-17/h11-13,16,18H,6-10H2,1-5H3/t18-/m0/s1. The molecule has 8 heteroatoms. The van der Waals surface area contributed by atoms with E-state index in [9.17, 15) is 18.0 Å².